The van der Waals surface area contributed by atoms with Gasteiger partial charge in [0, 0.05) is 24.9 Å². The lowest BCUT2D eigenvalue weighted by atomic mass is 9.98. The molecule has 0 atom stereocenters. The molecule has 2 aromatic carbocycles. The van der Waals surface area contributed by atoms with E-state index >= 15 is 0 Å². The Balaban J connectivity index is 1.45. The third kappa shape index (κ3) is 2.67. The Morgan fingerprint density at radius 1 is 1.00 bits per heavy atom. The molecule has 0 aliphatic heterocycles. The molecular formula is C20H18N2O2. The van der Waals surface area contributed by atoms with Gasteiger partial charge in [-0.1, -0.05) is 48.5 Å². The van der Waals surface area contributed by atoms with Crippen molar-refractivity contribution in [3.63, 3.8) is 0 Å². The summed E-state index contributed by atoms with van der Waals surface area (Å²) in [4.78, 5) is 14.9. The summed E-state index contributed by atoms with van der Waals surface area (Å²) in [5.41, 5.74) is 5.92. The first-order valence-corrected chi connectivity index (χ1v) is 8.03. The van der Waals surface area contributed by atoms with E-state index in [0.29, 0.717) is 13.2 Å². The van der Waals surface area contributed by atoms with Crippen molar-refractivity contribution in [2.45, 2.75) is 12.5 Å². The minimum atomic E-state index is -0.391. The van der Waals surface area contributed by atoms with Crippen LogP contribution < -0.4 is 5.32 Å². The number of carbonyl (C=O) groups is 1. The molecule has 0 radical (unpaired) electrons. The number of fused-ring (bicyclic) bond motifs is 3. The Morgan fingerprint density at radius 3 is 2.29 bits per heavy atom. The minimum Gasteiger partial charge on any atom is -0.449 e. The summed E-state index contributed by atoms with van der Waals surface area (Å²) in [5.74, 6) is 0.0930. The first-order chi connectivity index (χ1) is 11.8. The van der Waals surface area contributed by atoms with E-state index in [4.69, 9.17) is 4.74 Å². The van der Waals surface area contributed by atoms with E-state index in [0.717, 1.165) is 5.56 Å². The van der Waals surface area contributed by atoms with Crippen molar-refractivity contribution < 1.29 is 9.53 Å². The van der Waals surface area contributed by atoms with Crippen LogP contribution in [0.5, 0.6) is 0 Å². The van der Waals surface area contributed by atoms with Gasteiger partial charge in [-0.2, -0.15) is 0 Å². The van der Waals surface area contributed by atoms with Gasteiger partial charge in [0.2, 0.25) is 0 Å². The van der Waals surface area contributed by atoms with Crippen LogP contribution in [0, 0.1) is 0 Å². The van der Waals surface area contributed by atoms with E-state index in [2.05, 4.69) is 34.6 Å². The van der Waals surface area contributed by atoms with Gasteiger partial charge in [-0.05, 0) is 33.9 Å². The zero-order valence-corrected chi connectivity index (χ0v) is 13.2. The number of alkyl carbamates (subject to hydrolysis) is 1. The fraction of sp³-hybridized carbons (Fsp3) is 0.150. The zero-order chi connectivity index (χ0) is 16.4. The zero-order valence-electron chi connectivity index (χ0n) is 13.2. The van der Waals surface area contributed by atoms with Crippen molar-refractivity contribution in [3.05, 3.63) is 83.7 Å². The molecule has 4 heteroatoms. The molecule has 120 valence electrons. The van der Waals surface area contributed by atoms with Gasteiger partial charge in [-0.15, -0.1) is 0 Å². The maximum absolute atomic E-state index is 12.0. The summed E-state index contributed by atoms with van der Waals surface area (Å²) in [5, 5.41) is 2.78. The van der Waals surface area contributed by atoms with Crippen LogP contribution in [0.1, 0.15) is 22.6 Å². The molecule has 0 saturated carbocycles. The number of aromatic nitrogens is 1. The predicted molar refractivity (Wildman–Crippen MR) is 92.7 cm³/mol. The molecule has 0 fully saturated rings. The van der Waals surface area contributed by atoms with Crippen LogP contribution in [-0.2, 0) is 11.3 Å². The number of amides is 1. The first-order valence-electron chi connectivity index (χ1n) is 8.03. The van der Waals surface area contributed by atoms with Gasteiger partial charge < -0.3 is 15.0 Å². The highest BCUT2D eigenvalue weighted by Crippen LogP contribution is 2.44. The number of carbonyl (C=O) groups excluding carboxylic acids is 1. The Labute approximate surface area is 140 Å². The van der Waals surface area contributed by atoms with E-state index in [-0.39, 0.29) is 5.92 Å². The van der Waals surface area contributed by atoms with Crippen molar-refractivity contribution in [3.8, 4) is 11.1 Å². The van der Waals surface area contributed by atoms with Crippen molar-refractivity contribution in [2.24, 2.45) is 0 Å². The van der Waals surface area contributed by atoms with Gasteiger partial charge >= 0.3 is 6.09 Å². The van der Waals surface area contributed by atoms with Crippen molar-refractivity contribution in [1.82, 2.24) is 10.3 Å². The van der Waals surface area contributed by atoms with Gasteiger partial charge in [0.05, 0.1) is 0 Å². The number of benzene rings is 2. The fourth-order valence-corrected chi connectivity index (χ4v) is 3.29. The third-order valence-electron chi connectivity index (χ3n) is 4.44. The number of hydrogen-bond donors (Lipinski definition) is 2. The number of aromatic amines is 1. The monoisotopic (exact) mass is 318 g/mol. The topological polar surface area (TPSA) is 54.1 Å². The Morgan fingerprint density at radius 2 is 1.67 bits per heavy atom. The SMILES string of the molecule is O=C(NCc1cc[nH]c1)OCC1c2ccccc2-c2ccccc21. The van der Waals surface area contributed by atoms with Crippen LogP contribution >= 0.6 is 0 Å². The Kier molecular flexibility index (Phi) is 3.79. The van der Waals surface area contributed by atoms with E-state index in [1.165, 1.54) is 22.3 Å². The molecule has 0 unspecified atom stereocenters. The average molecular weight is 318 g/mol. The van der Waals surface area contributed by atoms with Crippen LogP contribution in [0.15, 0.2) is 67.0 Å². The second kappa shape index (κ2) is 6.24. The summed E-state index contributed by atoms with van der Waals surface area (Å²) < 4.78 is 5.48. The van der Waals surface area contributed by atoms with Crippen LogP contribution in [-0.4, -0.2) is 17.7 Å². The lowest BCUT2D eigenvalue weighted by molar-refractivity contribution is 0.142. The van der Waals surface area contributed by atoms with Gasteiger partial charge in [-0.25, -0.2) is 4.79 Å². The standard InChI is InChI=1S/C20H18N2O2/c23-20(22-12-14-9-10-21-11-14)24-13-19-17-7-3-1-5-15(17)16-6-2-4-8-18(16)19/h1-11,19,21H,12-13H2,(H,22,23). The van der Waals surface area contributed by atoms with Gasteiger partial charge in [0.1, 0.15) is 6.61 Å². The summed E-state index contributed by atoms with van der Waals surface area (Å²) in [6.07, 6.45) is 3.29. The van der Waals surface area contributed by atoms with Gasteiger partial charge in [0.15, 0.2) is 0 Å². The molecule has 1 amide bonds. The molecular weight excluding hydrogens is 300 g/mol. The van der Waals surface area contributed by atoms with Gasteiger partial charge in [-0.3, -0.25) is 0 Å². The highest BCUT2D eigenvalue weighted by atomic mass is 16.5. The number of hydrogen-bond acceptors (Lipinski definition) is 2. The number of H-pyrrole nitrogens is 1. The Hall–Kier alpha value is -3.01. The number of rotatable bonds is 4. The molecule has 1 aliphatic rings. The maximum atomic E-state index is 12.0. The molecule has 0 saturated heterocycles. The normalized spacial score (nSPS) is 12.5. The van der Waals surface area contributed by atoms with Crippen molar-refractivity contribution in [1.29, 1.82) is 0 Å². The molecule has 0 bridgehead atoms. The predicted octanol–water partition coefficient (Wildman–Crippen LogP) is 4.05. The summed E-state index contributed by atoms with van der Waals surface area (Å²) in [6.45, 7) is 0.799. The van der Waals surface area contributed by atoms with E-state index in [1.807, 2.05) is 42.7 Å². The largest absolute Gasteiger partial charge is 0.449 e. The fourth-order valence-electron chi connectivity index (χ4n) is 3.29. The number of nitrogens with one attached hydrogen (secondary N) is 2. The second-order valence-electron chi connectivity index (χ2n) is 5.90. The molecule has 1 heterocycles. The summed E-state index contributed by atoms with van der Waals surface area (Å²) >= 11 is 0. The van der Waals surface area contributed by atoms with Crippen LogP contribution in [0.4, 0.5) is 4.79 Å². The Bertz CT molecular complexity index is 810. The lowest BCUT2D eigenvalue weighted by Gasteiger charge is -2.14. The third-order valence-corrected chi connectivity index (χ3v) is 4.44. The maximum Gasteiger partial charge on any atom is 0.407 e. The van der Waals surface area contributed by atoms with E-state index < -0.39 is 6.09 Å². The molecule has 0 spiro atoms. The molecule has 4 rings (SSSR count). The highest BCUT2D eigenvalue weighted by molar-refractivity contribution is 5.79. The molecule has 1 aromatic heterocycles. The smallest absolute Gasteiger partial charge is 0.407 e. The van der Waals surface area contributed by atoms with Gasteiger partial charge in [0.25, 0.3) is 0 Å². The van der Waals surface area contributed by atoms with Crippen LogP contribution in [0.2, 0.25) is 0 Å². The number of ether oxygens (including phenoxy) is 1. The van der Waals surface area contributed by atoms with Crippen molar-refractivity contribution >= 4 is 6.09 Å². The molecule has 1 aliphatic carbocycles. The van der Waals surface area contributed by atoms with E-state index in [9.17, 15) is 4.79 Å². The van der Waals surface area contributed by atoms with E-state index in [1.54, 1.807) is 0 Å². The average Bonchev–Trinajstić information content (AvgIpc) is 3.25. The molecule has 3 aromatic rings. The molecule has 4 nitrogen and oxygen atoms in total. The quantitative estimate of drug-likeness (QED) is 0.762. The minimum absolute atomic E-state index is 0.0930. The highest BCUT2D eigenvalue weighted by Gasteiger charge is 2.28. The summed E-state index contributed by atoms with van der Waals surface area (Å²) in [7, 11) is 0. The second-order valence-corrected chi connectivity index (χ2v) is 5.90. The van der Waals surface area contributed by atoms with Crippen molar-refractivity contribution in [2.75, 3.05) is 6.61 Å². The molecule has 2 N–H and O–H groups in total. The lowest BCUT2D eigenvalue weighted by Crippen LogP contribution is -2.25. The molecule has 24 heavy (non-hydrogen) atoms. The van der Waals surface area contributed by atoms with Crippen LogP contribution in [0.3, 0.4) is 0 Å². The van der Waals surface area contributed by atoms with Crippen LogP contribution in [0.25, 0.3) is 11.1 Å². The first kappa shape index (κ1) is 14.6. The summed E-state index contributed by atoms with van der Waals surface area (Å²) in [6, 6.07) is 18.5.